The molecule has 6 nitrogen and oxygen atoms in total. The summed E-state index contributed by atoms with van der Waals surface area (Å²) in [6.45, 7) is 0. The van der Waals surface area contributed by atoms with Gasteiger partial charge in [-0.3, -0.25) is 9.52 Å². The summed E-state index contributed by atoms with van der Waals surface area (Å²) in [6.07, 6.45) is -3.87. The van der Waals surface area contributed by atoms with E-state index in [0.717, 1.165) is 18.4 Å². The average Bonchev–Trinajstić information content (AvgIpc) is 2.44. The molecule has 0 aliphatic carbocycles. The molecule has 1 amide bonds. The average molecular weight is 374 g/mol. The van der Waals surface area contributed by atoms with Crippen LogP contribution < -0.4 is 14.8 Å². The SMILES string of the molecule is CS(=O)(=O)Nc1cccc(C(=O)Nc2cccc(OC(F)(F)F)c2)c1. The van der Waals surface area contributed by atoms with E-state index >= 15 is 0 Å². The Morgan fingerprint density at radius 1 is 1.04 bits per heavy atom. The van der Waals surface area contributed by atoms with Crippen molar-refractivity contribution in [3.8, 4) is 5.75 Å². The maximum atomic E-state index is 12.2. The Kier molecular flexibility index (Phi) is 5.21. The third kappa shape index (κ3) is 6.34. The van der Waals surface area contributed by atoms with Crippen LogP contribution in [-0.4, -0.2) is 26.9 Å². The number of benzene rings is 2. The van der Waals surface area contributed by atoms with Crippen molar-refractivity contribution in [3.63, 3.8) is 0 Å². The first kappa shape index (κ1) is 18.6. The zero-order chi connectivity index (χ0) is 18.7. The van der Waals surface area contributed by atoms with Crippen LogP contribution in [0, 0.1) is 0 Å². The fourth-order valence-corrected chi connectivity index (χ4v) is 2.47. The summed E-state index contributed by atoms with van der Waals surface area (Å²) in [5.74, 6) is -1.10. The number of carbonyl (C=O) groups excluding carboxylic acids is 1. The van der Waals surface area contributed by atoms with Crippen molar-refractivity contribution in [1.82, 2.24) is 0 Å². The number of hydrogen-bond acceptors (Lipinski definition) is 4. The van der Waals surface area contributed by atoms with Gasteiger partial charge in [0, 0.05) is 23.0 Å². The number of alkyl halides is 3. The lowest BCUT2D eigenvalue weighted by Gasteiger charge is -2.11. The van der Waals surface area contributed by atoms with Gasteiger partial charge in [0.15, 0.2) is 0 Å². The number of anilines is 2. The molecule has 0 aromatic heterocycles. The minimum absolute atomic E-state index is 0.0909. The molecule has 0 bridgehead atoms. The number of rotatable bonds is 5. The standard InChI is InChI=1S/C15H13F3N2O4S/c1-25(22,23)20-12-6-2-4-10(8-12)14(21)19-11-5-3-7-13(9-11)24-15(16,17)18/h2-9,20H,1H3,(H,19,21). The summed E-state index contributed by atoms with van der Waals surface area (Å²) < 4.78 is 65.1. The third-order valence-electron chi connectivity index (χ3n) is 2.75. The lowest BCUT2D eigenvalue weighted by Crippen LogP contribution is -2.17. The number of hydrogen-bond donors (Lipinski definition) is 2. The molecule has 0 unspecified atom stereocenters. The number of ether oxygens (including phenoxy) is 1. The van der Waals surface area contributed by atoms with Crippen LogP contribution in [-0.2, 0) is 10.0 Å². The minimum Gasteiger partial charge on any atom is -0.406 e. The molecule has 2 N–H and O–H groups in total. The summed E-state index contributed by atoms with van der Waals surface area (Å²) in [4.78, 5) is 12.2. The minimum atomic E-state index is -4.84. The quantitative estimate of drug-likeness (QED) is 0.842. The van der Waals surface area contributed by atoms with Crippen molar-refractivity contribution in [1.29, 1.82) is 0 Å². The van der Waals surface area contributed by atoms with Crippen molar-refractivity contribution in [2.75, 3.05) is 16.3 Å². The summed E-state index contributed by atoms with van der Waals surface area (Å²) in [5, 5.41) is 2.41. The highest BCUT2D eigenvalue weighted by Crippen LogP contribution is 2.25. The summed E-state index contributed by atoms with van der Waals surface area (Å²) in [5.41, 5.74) is 0.397. The predicted octanol–water partition coefficient (Wildman–Crippen LogP) is 3.21. The molecule has 10 heteroatoms. The largest absolute Gasteiger partial charge is 0.573 e. The Bertz CT molecular complexity index is 882. The van der Waals surface area contributed by atoms with Crippen LogP contribution in [0.2, 0.25) is 0 Å². The van der Waals surface area contributed by atoms with Gasteiger partial charge in [-0.25, -0.2) is 8.42 Å². The Balaban J connectivity index is 2.15. The number of sulfonamides is 1. The van der Waals surface area contributed by atoms with Crippen molar-refractivity contribution < 1.29 is 31.1 Å². The van der Waals surface area contributed by atoms with Gasteiger partial charge in [0.25, 0.3) is 5.91 Å². The lowest BCUT2D eigenvalue weighted by atomic mass is 10.2. The molecule has 0 saturated heterocycles. The summed E-state index contributed by atoms with van der Waals surface area (Å²) in [6, 6.07) is 10.4. The predicted molar refractivity (Wildman–Crippen MR) is 86.0 cm³/mol. The van der Waals surface area contributed by atoms with Crippen molar-refractivity contribution in [2.24, 2.45) is 0 Å². The van der Waals surface area contributed by atoms with Crippen molar-refractivity contribution in [2.45, 2.75) is 6.36 Å². The molecule has 0 fully saturated rings. The zero-order valence-corrected chi connectivity index (χ0v) is 13.6. The highest BCUT2D eigenvalue weighted by molar-refractivity contribution is 7.92. The molecule has 2 rings (SSSR count). The molecule has 2 aromatic rings. The van der Waals surface area contributed by atoms with E-state index in [4.69, 9.17) is 0 Å². The van der Waals surface area contributed by atoms with Gasteiger partial charge in [-0.05, 0) is 30.3 Å². The van der Waals surface area contributed by atoms with Crippen LogP contribution in [0.15, 0.2) is 48.5 Å². The van der Waals surface area contributed by atoms with E-state index in [2.05, 4.69) is 14.8 Å². The molecule has 0 aliphatic rings. The second kappa shape index (κ2) is 7.01. The molecule has 2 aromatic carbocycles. The number of amides is 1. The van der Waals surface area contributed by atoms with Gasteiger partial charge < -0.3 is 10.1 Å². The van der Waals surface area contributed by atoms with Crippen LogP contribution >= 0.6 is 0 Å². The van der Waals surface area contributed by atoms with E-state index in [1.54, 1.807) is 0 Å². The molecular weight excluding hydrogens is 361 g/mol. The molecular formula is C15H13F3N2O4S. The van der Waals surface area contributed by atoms with Crippen LogP contribution in [0.25, 0.3) is 0 Å². The van der Waals surface area contributed by atoms with Crippen LogP contribution in [0.5, 0.6) is 5.75 Å². The molecule has 0 saturated carbocycles. The summed E-state index contributed by atoms with van der Waals surface area (Å²) >= 11 is 0. The Morgan fingerprint density at radius 3 is 2.32 bits per heavy atom. The maximum absolute atomic E-state index is 12.2. The van der Waals surface area contributed by atoms with E-state index in [1.807, 2.05) is 0 Å². The van der Waals surface area contributed by atoms with E-state index in [9.17, 15) is 26.4 Å². The van der Waals surface area contributed by atoms with Crippen LogP contribution in [0.3, 0.4) is 0 Å². The molecule has 0 spiro atoms. The first-order valence-electron chi connectivity index (χ1n) is 6.77. The van der Waals surface area contributed by atoms with Crippen LogP contribution in [0.1, 0.15) is 10.4 Å². The second-order valence-corrected chi connectivity index (χ2v) is 6.73. The topological polar surface area (TPSA) is 84.5 Å². The molecule has 0 heterocycles. The van der Waals surface area contributed by atoms with Gasteiger partial charge in [0.2, 0.25) is 10.0 Å². The number of carbonyl (C=O) groups is 1. The number of nitrogens with one attached hydrogen (secondary N) is 2. The molecule has 25 heavy (non-hydrogen) atoms. The van der Waals surface area contributed by atoms with E-state index < -0.39 is 28.0 Å². The molecule has 134 valence electrons. The molecule has 0 atom stereocenters. The molecule has 0 radical (unpaired) electrons. The fraction of sp³-hybridized carbons (Fsp3) is 0.133. The van der Waals surface area contributed by atoms with Gasteiger partial charge in [-0.1, -0.05) is 12.1 Å². The van der Waals surface area contributed by atoms with E-state index in [0.29, 0.717) is 0 Å². The Morgan fingerprint density at radius 2 is 1.68 bits per heavy atom. The van der Waals surface area contributed by atoms with Gasteiger partial charge in [0.05, 0.1) is 6.26 Å². The van der Waals surface area contributed by atoms with Gasteiger partial charge in [-0.2, -0.15) is 0 Å². The zero-order valence-electron chi connectivity index (χ0n) is 12.8. The first-order chi connectivity index (χ1) is 11.5. The highest BCUT2D eigenvalue weighted by atomic mass is 32.2. The fourth-order valence-electron chi connectivity index (χ4n) is 1.91. The smallest absolute Gasteiger partial charge is 0.406 e. The van der Waals surface area contributed by atoms with Crippen LogP contribution in [0.4, 0.5) is 24.5 Å². The molecule has 0 aliphatic heterocycles. The van der Waals surface area contributed by atoms with Gasteiger partial charge >= 0.3 is 6.36 Å². The first-order valence-corrected chi connectivity index (χ1v) is 8.66. The van der Waals surface area contributed by atoms with Gasteiger partial charge in [-0.15, -0.1) is 13.2 Å². The highest BCUT2D eigenvalue weighted by Gasteiger charge is 2.31. The third-order valence-corrected chi connectivity index (χ3v) is 3.36. The van der Waals surface area contributed by atoms with E-state index in [-0.39, 0.29) is 16.9 Å². The Hall–Kier alpha value is -2.75. The normalized spacial score (nSPS) is 11.7. The maximum Gasteiger partial charge on any atom is 0.573 e. The Labute approximate surface area is 141 Å². The van der Waals surface area contributed by atoms with E-state index in [1.165, 1.54) is 36.4 Å². The second-order valence-electron chi connectivity index (χ2n) is 4.98. The van der Waals surface area contributed by atoms with Crippen molar-refractivity contribution >= 4 is 27.3 Å². The lowest BCUT2D eigenvalue weighted by molar-refractivity contribution is -0.274. The van der Waals surface area contributed by atoms with Crippen molar-refractivity contribution in [3.05, 3.63) is 54.1 Å². The monoisotopic (exact) mass is 374 g/mol. The van der Waals surface area contributed by atoms with Gasteiger partial charge in [0.1, 0.15) is 5.75 Å². The summed E-state index contributed by atoms with van der Waals surface area (Å²) in [7, 11) is -3.51. The number of halogens is 3.